The zero-order valence-electron chi connectivity index (χ0n) is 7.09. The zero-order chi connectivity index (χ0) is 8.55. The molecular weight excluding hydrogens is 168 g/mol. The minimum absolute atomic E-state index is 0.617. The lowest BCUT2D eigenvalue weighted by molar-refractivity contribution is 0.426. The van der Waals surface area contributed by atoms with Crippen LogP contribution in [0.15, 0.2) is 30.0 Å². The van der Waals surface area contributed by atoms with Crippen molar-refractivity contribution in [3.05, 3.63) is 30.0 Å². The lowest BCUT2D eigenvalue weighted by Crippen LogP contribution is -2.07. The molecule has 64 valence electrons. The van der Waals surface area contributed by atoms with E-state index in [2.05, 4.69) is 24.5 Å². The van der Waals surface area contributed by atoms with Crippen molar-refractivity contribution >= 4 is 11.6 Å². The lowest BCUT2D eigenvalue weighted by atomic mass is 9.93. The molecule has 0 aromatic heterocycles. The van der Waals surface area contributed by atoms with Gasteiger partial charge >= 0.3 is 0 Å². The van der Waals surface area contributed by atoms with E-state index in [1.165, 1.54) is 12.0 Å². The highest BCUT2D eigenvalue weighted by atomic mass is 35.5. The van der Waals surface area contributed by atoms with Crippen LogP contribution in [0.1, 0.15) is 12.8 Å². The molecule has 0 nitrogen and oxygen atoms in total. The Labute approximate surface area is 78.6 Å². The Kier molecular flexibility index (Phi) is 2.12. The Balaban J connectivity index is 2.19. The van der Waals surface area contributed by atoms with Crippen molar-refractivity contribution in [2.75, 3.05) is 5.88 Å². The summed E-state index contributed by atoms with van der Waals surface area (Å²) in [6, 6.07) is 0. The Morgan fingerprint density at radius 2 is 2.42 bits per heavy atom. The molecule has 3 atom stereocenters. The molecule has 0 amide bonds. The molecule has 12 heavy (non-hydrogen) atoms. The summed E-state index contributed by atoms with van der Waals surface area (Å²) in [7, 11) is 0. The van der Waals surface area contributed by atoms with Gasteiger partial charge in [-0.3, -0.25) is 0 Å². The van der Waals surface area contributed by atoms with E-state index < -0.39 is 0 Å². The van der Waals surface area contributed by atoms with Gasteiger partial charge in [-0.05, 0) is 30.3 Å². The number of halogens is 1. The minimum atomic E-state index is 0.617. The number of hydrogen-bond donors (Lipinski definition) is 0. The third-order valence-corrected chi connectivity index (χ3v) is 3.32. The summed E-state index contributed by atoms with van der Waals surface area (Å²) in [5.74, 6) is 2.89. The highest BCUT2D eigenvalue weighted by Gasteiger charge is 2.40. The third-order valence-electron chi connectivity index (χ3n) is 3.10. The largest absolute Gasteiger partial charge is 0.129 e. The number of fused-ring (bicyclic) bond motifs is 2. The van der Waals surface area contributed by atoms with Crippen molar-refractivity contribution in [3.63, 3.8) is 0 Å². The molecule has 0 saturated heterocycles. The summed E-state index contributed by atoms with van der Waals surface area (Å²) < 4.78 is 0. The highest BCUT2D eigenvalue weighted by molar-refractivity contribution is 6.17. The summed E-state index contributed by atoms with van der Waals surface area (Å²) in [6.07, 6.45) is 6.95. The number of rotatable bonds is 2. The van der Waals surface area contributed by atoms with Crippen molar-refractivity contribution in [2.24, 2.45) is 17.8 Å². The van der Waals surface area contributed by atoms with E-state index in [0.29, 0.717) is 5.92 Å². The van der Waals surface area contributed by atoms with E-state index in [-0.39, 0.29) is 0 Å². The summed E-state index contributed by atoms with van der Waals surface area (Å²) >= 11 is 5.76. The monoisotopic (exact) mass is 180 g/mol. The minimum Gasteiger partial charge on any atom is -0.129 e. The molecule has 1 saturated carbocycles. The first-order chi connectivity index (χ1) is 5.86. The third kappa shape index (κ3) is 1.07. The average Bonchev–Trinajstić information content (AvgIpc) is 2.63. The summed E-state index contributed by atoms with van der Waals surface area (Å²) in [5.41, 5.74) is 4.46. The molecule has 0 N–H and O–H groups in total. The molecule has 3 unspecified atom stereocenters. The van der Waals surface area contributed by atoms with Gasteiger partial charge in [0.05, 0.1) is 0 Å². The van der Waals surface area contributed by atoms with Crippen molar-refractivity contribution in [3.8, 4) is 0 Å². The van der Waals surface area contributed by atoms with E-state index in [4.69, 9.17) is 11.6 Å². The smallest absolute Gasteiger partial charge is 0.0226 e. The lowest BCUT2D eigenvalue weighted by Gasteiger charge is -2.12. The van der Waals surface area contributed by atoms with Gasteiger partial charge in [-0.2, -0.15) is 0 Å². The molecule has 0 spiro atoms. The van der Waals surface area contributed by atoms with Crippen LogP contribution in [0.3, 0.4) is 0 Å². The zero-order valence-corrected chi connectivity index (χ0v) is 7.85. The van der Waals surface area contributed by atoms with Crippen LogP contribution < -0.4 is 0 Å². The maximum absolute atomic E-state index is 5.76. The predicted molar refractivity (Wildman–Crippen MR) is 52.2 cm³/mol. The maximum Gasteiger partial charge on any atom is 0.0226 e. The van der Waals surface area contributed by atoms with Crippen LogP contribution >= 0.6 is 11.6 Å². The van der Waals surface area contributed by atoms with E-state index in [1.807, 2.05) is 0 Å². The second kappa shape index (κ2) is 3.12. The number of allylic oxidation sites excluding steroid dienone is 3. The Morgan fingerprint density at radius 1 is 1.58 bits per heavy atom. The van der Waals surface area contributed by atoms with Gasteiger partial charge in [-0.1, -0.05) is 18.7 Å². The van der Waals surface area contributed by atoms with Gasteiger partial charge in [-0.25, -0.2) is 0 Å². The van der Waals surface area contributed by atoms with Gasteiger partial charge in [-0.15, -0.1) is 17.3 Å². The first kappa shape index (κ1) is 8.16. The van der Waals surface area contributed by atoms with Crippen molar-refractivity contribution < 1.29 is 0 Å². The second-order valence-electron chi connectivity index (χ2n) is 3.62. The van der Waals surface area contributed by atoms with Gasteiger partial charge in [0, 0.05) is 11.8 Å². The van der Waals surface area contributed by atoms with Gasteiger partial charge in [0.2, 0.25) is 0 Å². The molecular formula is C11H13Cl. The Hall–Kier alpha value is -0.450. The van der Waals surface area contributed by atoms with Crippen LogP contribution in [0, 0.1) is 17.8 Å². The Morgan fingerprint density at radius 3 is 3.00 bits per heavy atom. The molecule has 0 aromatic rings. The van der Waals surface area contributed by atoms with Crippen LogP contribution in [0.4, 0.5) is 0 Å². The van der Waals surface area contributed by atoms with E-state index in [0.717, 1.165) is 24.1 Å². The van der Waals surface area contributed by atoms with Gasteiger partial charge in [0.1, 0.15) is 0 Å². The summed E-state index contributed by atoms with van der Waals surface area (Å²) in [4.78, 5) is 0. The summed E-state index contributed by atoms with van der Waals surface area (Å²) in [5, 5.41) is 0. The first-order valence-corrected chi connectivity index (χ1v) is 5.03. The van der Waals surface area contributed by atoms with Crippen LogP contribution in [0.5, 0.6) is 0 Å². The molecule has 0 aliphatic heterocycles. The predicted octanol–water partition coefficient (Wildman–Crippen LogP) is 3.15. The fourth-order valence-electron chi connectivity index (χ4n) is 2.51. The Bertz CT molecular complexity index is 258. The molecule has 0 radical (unpaired) electrons. The molecule has 1 heteroatoms. The molecule has 2 aliphatic rings. The fourth-order valence-corrected chi connectivity index (χ4v) is 2.76. The van der Waals surface area contributed by atoms with E-state index in [9.17, 15) is 0 Å². The molecule has 1 fully saturated rings. The van der Waals surface area contributed by atoms with Gasteiger partial charge in [0.25, 0.3) is 0 Å². The molecule has 0 aromatic carbocycles. The standard InChI is InChI=1S/C11H13Cl/c1-2-8-7-9-3-4-10(8)11(9)5-6-12/h3-4,9-11H,1,5-7H2. The average molecular weight is 181 g/mol. The maximum atomic E-state index is 5.76. The fraction of sp³-hybridized carbons (Fsp3) is 0.545. The normalized spacial score (nSPS) is 37.4. The van der Waals surface area contributed by atoms with Crippen LogP contribution in [-0.4, -0.2) is 5.88 Å². The second-order valence-corrected chi connectivity index (χ2v) is 4.00. The van der Waals surface area contributed by atoms with Gasteiger partial charge < -0.3 is 0 Å². The van der Waals surface area contributed by atoms with E-state index in [1.54, 1.807) is 0 Å². The molecule has 2 rings (SSSR count). The SMILES string of the molecule is C=C=C1CC2C=CC1C2CCCl. The van der Waals surface area contributed by atoms with Crippen molar-refractivity contribution in [1.82, 2.24) is 0 Å². The topological polar surface area (TPSA) is 0 Å². The van der Waals surface area contributed by atoms with Crippen LogP contribution in [0.2, 0.25) is 0 Å². The summed E-state index contributed by atoms with van der Waals surface area (Å²) in [6.45, 7) is 3.73. The van der Waals surface area contributed by atoms with Gasteiger partial charge in [0.15, 0.2) is 0 Å². The van der Waals surface area contributed by atoms with Crippen LogP contribution in [-0.2, 0) is 0 Å². The van der Waals surface area contributed by atoms with Crippen molar-refractivity contribution in [2.45, 2.75) is 12.8 Å². The molecule has 2 aliphatic carbocycles. The highest BCUT2D eigenvalue weighted by Crippen LogP contribution is 2.48. The van der Waals surface area contributed by atoms with Crippen molar-refractivity contribution in [1.29, 1.82) is 0 Å². The molecule has 2 bridgehead atoms. The quantitative estimate of drug-likeness (QED) is 0.348. The number of alkyl halides is 1. The molecule has 0 heterocycles. The van der Waals surface area contributed by atoms with Crippen LogP contribution in [0.25, 0.3) is 0 Å². The van der Waals surface area contributed by atoms with E-state index >= 15 is 0 Å². The first-order valence-electron chi connectivity index (χ1n) is 4.50. The number of hydrogen-bond acceptors (Lipinski definition) is 0.